The maximum Gasteiger partial charge on any atom is 0.311 e. The molecule has 2 aromatic carbocycles. The molecular weight excluding hydrogens is 366 g/mol. The first-order valence-electron chi connectivity index (χ1n) is 9.95. The molecule has 0 unspecified atom stereocenters. The number of rotatable bonds is 4. The second-order valence-corrected chi connectivity index (χ2v) is 7.73. The molecule has 0 spiro atoms. The molecule has 2 heterocycles. The van der Waals surface area contributed by atoms with Gasteiger partial charge in [0.25, 0.3) is 5.91 Å². The lowest BCUT2D eigenvalue weighted by Crippen LogP contribution is -2.42. The summed E-state index contributed by atoms with van der Waals surface area (Å²) in [5, 5.41) is 0.914. The lowest BCUT2D eigenvalue weighted by Gasteiger charge is -2.30. The Morgan fingerprint density at radius 2 is 1.90 bits per heavy atom. The molecule has 29 heavy (non-hydrogen) atoms. The predicted molar refractivity (Wildman–Crippen MR) is 111 cm³/mol. The molecule has 0 saturated carbocycles. The van der Waals surface area contributed by atoms with Crippen molar-refractivity contribution < 1.29 is 18.7 Å². The van der Waals surface area contributed by atoms with Crippen molar-refractivity contribution in [1.29, 1.82) is 0 Å². The summed E-state index contributed by atoms with van der Waals surface area (Å²) in [5.74, 6) is -0.583. The minimum Gasteiger partial charge on any atom is -0.464 e. The number of nitrogens with zero attached hydrogens (tertiary/aromatic N) is 1. The van der Waals surface area contributed by atoms with Crippen molar-refractivity contribution in [3.05, 3.63) is 70.5 Å². The van der Waals surface area contributed by atoms with Crippen LogP contribution >= 0.6 is 0 Å². The quantitative estimate of drug-likeness (QED) is 0.628. The molecule has 0 aliphatic carbocycles. The highest BCUT2D eigenvalue weighted by molar-refractivity contribution is 5.89. The summed E-state index contributed by atoms with van der Waals surface area (Å²) in [6, 6.07) is 12.1. The first-order valence-corrected chi connectivity index (χ1v) is 9.95. The normalized spacial score (nSPS) is 14.5. The lowest BCUT2D eigenvalue weighted by atomic mass is 9.99. The zero-order valence-corrected chi connectivity index (χ0v) is 17.0. The van der Waals surface area contributed by atoms with E-state index in [0.29, 0.717) is 13.1 Å². The van der Waals surface area contributed by atoms with Crippen LogP contribution in [0.2, 0.25) is 0 Å². The molecule has 150 valence electrons. The molecule has 0 N–H and O–H groups in total. The highest BCUT2D eigenvalue weighted by Crippen LogP contribution is 2.27. The molecule has 4 rings (SSSR count). The summed E-state index contributed by atoms with van der Waals surface area (Å²) in [6.45, 7) is 6.87. The number of amides is 1. The summed E-state index contributed by atoms with van der Waals surface area (Å²) in [5.41, 5.74) is 6.21. The van der Waals surface area contributed by atoms with Crippen LogP contribution in [0.3, 0.4) is 0 Å². The number of aryl methyl sites for hydroxylation is 2. The van der Waals surface area contributed by atoms with E-state index in [-0.39, 0.29) is 12.3 Å². The number of benzene rings is 2. The van der Waals surface area contributed by atoms with Crippen molar-refractivity contribution in [2.24, 2.45) is 0 Å². The molecule has 3 aromatic rings. The molecule has 1 aromatic heterocycles. The van der Waals surface area contributed by atoms with E-state index in [0.717, 1.165) is 39.6 Å². The van der Waals surface area contributed by atoms with E-state index in [1.54, 1.807) is 18.1 Å². The van der Waals surface area contributed by atoms with Crippen molar-refractivity contribution in [3.63, 3.8) is 0 Å². The minimum absolute atomic E-state index is 0.0793. The Morgan fingerprint density at radius 3 is 2.69 bits per heavy atom. The van der Waals surface area contributed by atoms with Crippen LogP contribution in [0.5, 0.6) is 0 Å². The zero-order valence-electron chi connectivity index (χ0n) is 17.0. The van der Waals surface area contributed by atoms with Crippen LogP contribution in [0.4, 0.5) is 0 Å². The third-order valence-corrected chi connectivity index (χ3v) is 5.77. The van der Waals surface area contributed by atoms with Crippen LogP contribution in [0, 0.1) is 13.8 Å². The molecular formula is C24H25NO4. The number of carbonyl (C=O) groups excluding carboxylic acids is 2. The zero-order chi connectivity index (χ0) is 20.5. The number of hydrogen-bond acceptors (Lipinski definition) is 4. The molecule has 1 amide bonds. The van der Waals surface area contributed by atoms with E-state index >= 15 is 0 Å². The van der Waals surface area contributed by atoms with Gasteiger partial charge in [0.2, 0.25) is 0 Å². The average molecular weight is 391 g/mol. The van der Waals surface area contributed by atoms with Crippen LogP contribution in [0.15, 0.2) is 47.1 Å². The molecule has 0 fully saturated rings. The van der Waals surface area contributed by atoms with Crippen LogP contribution in [-0.4, -0.2) is 29.4 Å². The maximum atomic E-state index is 12.8. The van der Waals surface area contributed by atoms with Gasteiger partial charge in [0.1, 0.15) is 5.58 Å². The fourth-order valence-corrected chi connectivity index (χ4v) is 3.91. The highest BCUT2D eigenvalue weighted by Gasteiger charge is 2.27. The Labute approximate surface area is 170 Å². The smallest absolute Gasteiger partial charge is 0.311 e. The number of ether oxygens (including phenoxy) is 1. The highest BCUT2D eigenvalue weighted by atomic mass is 16.5. The van der Waals surface area contributed by atoms with Gasteiger partial charge in [-0.2, -0.15) is 0 Å². The fourth-order valence-electron chi connectivity index (χ4n) is 3.91. The molecule has 5 heteroatoms. The number of hydrogen-bond donors (Lipinski definition) is 0. The van der Waals surface area contributed by atoms with Gasteiger partial charge in [-0.1, -0.05) is 36.4 Å². The van der Waals surface area contributed by atoms with Crippen molar-refractivity contribution >= 4 is 22.8 Å². The Balaban J connectivity index is 1.40. The molecule has 5 nitrogen and oxygen atoms in total. The van der Waals surface area contributed by atoms with E-state index in [2.05, 4.69) is 6.07 Å². The fraction of sp³-hybridized carbons (Fsp3) is 0.333. The van der Waals surface area contributed by atoms with E-state index in [1.165, 1.54) is 5.56 Å². The molecule has 0 bridgehead atoms. The van der Waals surface area contributed by atoms with Crippen LogP contribution in [-0.2, 0) is 33.7 Å². The second kappa shape index (κ2) is 7.74. The molecule has 1 aliphatic heterocycles. The summed E-state index contributed by atoms with van der Waals surface area (Å²) in [6.07, 6.45) is 1.69. The standard InChI is InChI=1S/C24H25NO4/c1-15-8-9-21-20(14-28-23(21)16(15)2)12-22(26)29-17(3)24(27)25-11-10-18-6-4-5-7-19(18)13-25/h4-9,14,17H,10-13H2,1-3H3/t17-/m1/s1. The number of esters is 1. The third-order valence-electron chi connectivity index (χ3n) is 5.77. The minimum atomic E-state index is -0.810. The first-order chi connectivity index (χ1) is 13.9. The second-order valence-electron chi connectivity index (χ2n) is 7.73. The van der Waals surface area contributed by atoms with Gasteiger partial charge in [-0.15, -0.1) is 0 Å². The Bertz CT molecular complexity index is 1080. The van der Waals surface area contributed by atoms with Crippen molar-refractivity contribution in [2.75, 3.05) is 6.54 Å². The van der Waals surface area contributed by atoms with Gasteiger partial charge in [-0.25, -0.2) is 0 Å². The Morgan fingerprint density at radius 1 is 1.14 bits per heavy atom. The summed E-state index contributed by atoms with van der Waals surface area (Å²) < 4.78 is 11.1. The van der Waals surface area contributed by atoms with Gasteiger partial charge < -0.3 is 14.1 Å². The molecule has 1 atom stereocenters. The van der Waals surface area contributed by atoms with E-state index in [4.69, 9.17) is 9.15 Å². The summed E-state index contributed by atoms with van der Waals surface area (Å²) in [4.78, 5) is 27.0. The van der Waals surface area contributed by atoms with Gasteiger partial charge in [0.05, 0.1) is 12.7 Å². The summed E-state index contributed by atoms with van der Waals surface area (Å²) in [7, 11) is 0. The van der Waals surface area contributed by atoms with E-state index < -0.39 is 12.1 Å². The topological polar surface area (TPSA) is 59.8 Å². The van der Waals surface area contributed by atoms with Gasteiger partial charge in [-0.3, -0.25) is 9.59 Å². The summed E-state index contributed by atoms with van der Waals surface area (Å²) >= 11 is 0. The van der Waals surface area contributed by atoms with Crippen molar-refractivity contribution in [3.8, 4) is 0 Å². The lowest BCUT2D eigenvalue weighted by molar-refractivity contribution is -0.159. The van der Waals surface area contributed by atoms with Gasteiger partial charge >= 0.3 is 5.97 Å². The van der Waals surface area contributed by atoms with Crippen LogP contribution in [0.25, 0.3) is 11.0 Å². The maximum absolute atomic E-state index is 12.8. The van der Waals surface area contributed by atoms with Crippen LogP contribution in [0.1, 0.15) is 34.7 Å². The predicted octanol–water partition coefficient (Wildman–Crippen LogP) is 4.11. The van der Waals surface area contributed by atoms with Gasteiger partial charge in [-0.05, 0) is 49.4 Å². The monoisotopic (exact) mass is 391 g/mol. The average Bonchev–Trinajstić information content (AvgIpc) is 3.12. The van der Waals surface area contributed by atoms with E-state index in [9.17, 15) is 9.59 Å². The van der Waals surface area contributed by atoms with Crippen LogP contribution < -0.4 is 0 Å². The molecule has 0 radical (unpaired) electrons. The van der Waals surface area contributed by atoms with Crippen molar-refractivity contribution in [2.45, 2.75) is 46.3 Å². The Kier molecular flexibility index (Phi) is 5.14. The van der Waals surface area contributed by atoms with Gasteiger partial charge in [0.15, 0.2) is 6.10 Å². The van der Waals surface area contributed by atoms with Gasteiger partial charge in [0, 0.05) is 24.0 Å². The number of fused-ring (bicyclic) bond motifs is 2. The van der Waals surface area contributed by atoms with E-state index in [1.807, 2.05) is 44.2 Å². The number of furan rings is 1. The molecule has 1 aliphatic rings. The Hall–Kier alpha value is -3.08. The number of carbonyl (C=O) groups is 2. The third kappa shape index (κ3) is 3.77. The first kappa shape index (κ1) is 19.2. The molecule has 0 saturated heterocycles. The van der Waals surface area contributed by atoms with Crippen molar-refractivity contribution in [1.82, 2.24) is 4.90 Å². The largest absolute Gasteiger partial charge is 0.464 e. The SMILES string of the molecule is Cc1ccc2c(CC(=O)O[C@H](C)C(=O)N3CCc4ccccc4C3)coc2c1C.